The molecule has 0 amide bonds. The van der Waals surface area contributed by atoms with Gasteiger partial charge in [0.1, 0.15) is 0 Å². The summed E-state index contributed by atoms with van der Waals surface area (Å²) in [7, 11) is 1.83. The zero-order valence-corrected chi connectivity index (χ0v) is 13.5. The molecule has 0 aliphatic carbocycles. The number of aryl methyl sites for hydroxylation is 1. The van der Waals surface area contributed by atoms with Gasteiger partial charge in [-0.2, -0.15) is 0 Å². The van der Waals surface area contributed by atoms with Crippen molar-refractivity contribution in [1.29, 1.82) is 0 Å². The van der Waals surface area contributed by atoms with E-state index in [0.717, 1.165) is 0 Å². The van der Waals surface area contributed by atoms with Crippen molar-refractivity contribution in [3.05, 3.63) is 47.2 Å². The van der Waals surface area contributed by atoms with Crippen LogP contribution in [0.3, 0.4) is 0 Å². The molecule has 0 spiro atoms. The molecule has 0 saturated heterocycles. The Kier molecular flexibility index (Phi) is 5.63. The van der Waals surface area contributed by atoms with Gasteiger partial charge in [-0.05, 0) is 30.7 Å². The Hall–Kier alpha value is -1.79. The summed E-state index contributed by atoms with van der Waals surface area (Å²) in [4.78, 5) is 27.6. The molecule has 0 bridgehead atoms. The van der Waals surface area contributed by atoms with E-state index in [1.54, 1.807) is 41.2 Å². The SMILES string of the molecule is Cn1ccnc1SC(CCC(=O)O)C(=O)c1ccc(Cl)cc1. The Morgan fingerprint density at radius 1 is 1.36 bits per heavy atom. The molecule has 2 aromatic rings. The standard InChI is InChI=1S/C15H15ClN2O3S/c1-18-9-8-17-15(18)22-12(6-7-13(19)20)14(21)10-2-4-11(16)5-3-10/h2-5,8-9,12H,6-7H2,1H3,(H,19,20). The third-order valence-corrected chi connectivity index (χ3v) is 4.66. The van der Waals surface area contributed by atoms with Crippen molar-refractivity contribution in [1.82, 2.24) is 9.55 Å². The Labute approximate surface area is 137 Å². The van der Waals surface area contributed by atoms with Crippen LogP contribution in [0.4, 0.5) is 0 Å². The second-order valence-corrected chi connectivity index (χ2v) is 6.34. The van der Waals surface area contributed by atoms with Crippen LogP contribution < -0.4 is 0 Å². The van der Waals surface area contributed by atoms with E-state index in [2.05, 4.69) is 4.98 Å². The number of carbonyl (C=O) groups excluding carboxylic acids is 1. The van der Waals surface area contributed by atoms with Crippen LogP contribution >= 0.6 is 23.4 Å². The highest BCUT2D eigenvalue weighted by Crippen LogP contribution is 2.28. The van der Waals surface area contributed by atoms with Gasteiger partial charge in [0.05, 0.1) is 5.25 Å². The van der Waals surface area contributed by atoms with E-state index in [4.69, 9.17) is 16.7 Å². The molecule has 22 heavy (non-hydrogen) atoms. The van der Waals surface area contributed by atoms with E-state index < -0.39 is 11.2 Å². The van der Waals surface area contributed by atoms with Crippen molar-refractivity contribution in [2.45, 2.75) is 23.2 Å². The van der Waals surface area contributed by atoms with Crippen molar-refractivity contribution in [2.75, 3.05) is 0 Å². The van der Waals surface area contributed by atoms with Gasteiger partial charge < -0.3 is 9.67 Å². The van der Waals surface area contributed by atoms with Gasteiger partial charge in [0.25, 0.3) is 0 Å². The smallest absolute Gasteiger partial charge is 0.303 e. The summed E-state index contributed by atoms with van der Waals surface area (Å²) in [5.41, 5.74) is 0.515. The second-order valence-electron chi connectivity index (χ2n) is 4.73. The number of halogens is 1. The first-order valence-corrected chi connectivity index (χ1v) is 7.88. The van der Waals surface area contributed by atoms with Crippen molar-refractivity contribution < 1.29 is 14.7 Å². The van der Waals surface area contributed by atoms with Crippen LogP contribution in [-0.4, -0.2) is 31.7 Å². The van der Waals surface area contributed by atoms with Gasteiger partial charge in [-0.25, -0.2) is 4.98 Å². The molecular formula is C15H15ClN2O3S. The maximum Gasteiger partial charge on any atom is 0.303 e. The first-order valence-electron chi connectivity index (χ1n) is 6.63. The number of hydrogen-bond donors (Lipinski definition) is 1. The van der Waals surface area contributed by atoms with Gasteiger partial charge in [0.15, 0.2) is 10.9 Å². The average Bonchev–Trinajstić information content (AvgIpc) is 2.88. The van der Waals surface area contributed by atoms with Crippen LogP contribution in [0, 0.1) is 0 Å². The lowest BCUT2D eigenvalue weighted by Gasteiger charge is -2.14. The third kappa shape index (κ3) is 4.35. The molecule has 1 aromatic heterocycles. The number of imidazole rings is 1. The van der Waals surface area contributed by atoms with Crippen LogP contribution in [0.25, 0.3) is 0 Å². The monoisotopic (exact) mass is 338 g/mol. The highest BCUT2D eigenvalue weighted by molar-refractivity contribution is 8.00. The highest BCUT2D eigenvalue weighted by Gasteiger charge is 2.23. The topological polar surface area (TPSA) is 72.2 Å². The number of carbonyl (C=O) groups is 2. The first-order chi connectivity index (χ1) is 10.5. The number of benzene rings is 1. The number of thioether (sulfide) groups is 1. The van der Waals surface area contributed by atoms with Crippen molar-refractivity contribution in [3.8, 4) is 0 Å². The summed E-state index contributed by atoms with van der Waals surface area (Å²) in [6, 6.07) is 6.60. The number of ketones is 1. The summed E-state index contributed by atoms with van der Waals surface area (Å²) in [5, 5.41) is 9.60. The lowest BCUT2D eigenvalue weighted by atomic mass is 10.1. The second kappa shape index (κ2) is 7.47. The average molecular weight is 339 g/mol. The molecule has 2 rings (SSSR count). The molecule has 1 aromatic carbocycles. The Morgan fingerprint density at radius 2 is 2.05 bits per heavy atom. The summed E-state index contributed by atoms with van der Waals surface area (Å²) in [6.07, 6.45) is 3.60. The van der Waals surface area contributed by atoms with Crippen LogP contribution in [0.15, 0.2) is 41.8 Å². The molecule has 0 aliphatic heterocycles. The molecule has 0 radical (unpaired) electrons. The first kappa shape index (κ1) is 16.6. The van der Waals surface area contributed by atoms with Crippen LogP contribution in [0.5, 0.6) is 0 Å². The predicted octanol–water partition coefficient (Wildman–Crippen LogP) is 3.28. The highest BCUT2D eigenvalue weighted by atomic mass is 35.5. The summed E-state index contributed by atoms with van der Waals surface area (Å²) in [5.74, 6) is -1.04. The number of aromatic nitrogens is 2. The summed E-state index contributed by atoms with van der Waals surface area (Å²) in [6.45, 7) is 0. The van der Waals surface area contributed by atoms with Crippen molar-refractivity contribution in [3.63, 3.8) is 0 Å². The van der Waals surface area contributed by atoms with Crippen molar-refractivity contribution >= 4 is 35.1 Å². The number of carboxylic acid groups (broad SMARTS) is 1. The third-order valence-electron chi connectivity index (χ3n) is 3.07. The maximum absolute atomic E-state index is 12.6. The zero-order valence-electron chi connectivity index (χ0n) is 11.9. The lowest BCUT2D eigenvalue weighted by Crippen LogP contribution is -2.19. The molecule has 1 unspecified atom stereocenters. The molecule has 0 saturated carbocycles. The van der Waals surface area contributed by atoms with E-state index in [1.807, 2.05) is 7.05 Å². The van der Waals surface area contributed by atoms with Gasteiger partial charge in [-0.15, -0.1) is 0 Å². The van der Waals surface area contributed by atoms with Crippen LogP contribution in [0.2, 0.25) is 5.02 Å². The molecule has 0 fully saturated rings. The quantitative estimate of drug-likeness (QED) is 0.619. The van der Waals surface area contributed by atoms with Crippen LogP contribution in [-0.2, 0) is 11.8 Å². The number of Topliss-reactive ketones (excluding diaryl/α,β-unsaturated/α-hetero) is 1. The molecule has 1 heterocycles. The van der Waals surface area contributed by atoms with E-state index in [9.17, 15) is 9.59 Å². The minimum absolute atomic E-state index is 0.0680. The molecule has 1 N–H and O–H groups in total. The van der Waals surface area contributed by atoms with E-state index in [0.29, 0.717) is 15.7 Å². The van der Waals surface area contributed by atoms with E-state index in [-0.39, 0.29) is 18.6 Å². The Balaban J connectivity index is 2.19. The zero-order chi connectivity index (χ0) is 16.1. The molecule has 7 heteroatoms. The largest absolute Gasteiger partial charge is 0.481 e. The number of carboxylic acids is 1. The fourth-order valence-electron chi connectivity index (χ4n) is 1.89. The Bertz CT molecular complexity index is 670. The number of nitrogens with zero attached hydrogens (tertiary/aromatic N) is 2. The summed E-state index contributed by atoms with van der Waals surface area (Å²) < 4.78 is 1.80. The van der Waals surface area contributed by atoms with Gasteiger partial charge >= 0.3 is 5.97 Å². The van der Waals surface area contributed by atoms with Gasteiger partial charge in [0.2, 0.25) is 0 Å². The molecule has 0 aliphatic rings. The number of hydrogen-bond acceptors (Lipinski definition) is 4. The fraction of sp³-hybridized carbons (Fsp3) is 0.267. The lowest BCUT2D eigenvalue weighted by molar-refractivity contribution is -0.137. The van der Waals surface area contributed by atoms with Gasteiger partial charge in [-0.1, -0.05) is 23.4 Å². The molecule has 1 atom stereocenters. The van der Waals surface area contributed by atoms with Gasteiger partial charge in [0, 0.05) is 36.4 Å². The Morgan fingerprint density at radius 3 is 2.59 bits per heavy atom. The number of rotatable bonds is 7. The molecule has 116 valence electrons. The van der Waals surface area contributed by atoms with E-state index >= 15 is 0 Å². The normalized spacial score (nSPS) is 12.1. The van der Waals surface area contributed by atoms with Crippen molar-refractivity contribution in [2.24, 2.45) is 7.05 Å². The summed E-state index contributed by atoms with van der Waals surface area (Å²) >= 11 is 7.10. The molecule has 5 nitrogen and oxygen atoms in total. The fourth-order valence-corrected chi connectivity index (χ4v) is 3.10. The predicted molar refractivity (Wildman–Crippen MR) is 85.5 cm³/mol. The molecular weight excluding hydrogens is 324 g/mol. The minimum Gasteiger partial charge on any atom is -0.481 e. The number of aliphatic carboxylic acids is 1. The van der Waals surface area contributed by atoms with Gasteiger partial charge in [-0.3, -0.25) is 9.59 Å². The maximum atomic E-state index is 12.6. The minimum atomic E-state index is -0.922. The van der Waals surface area contributed by atoms with E-state index in [1.165, 1.54) is 11.8 Å². The van der Waals surface area contributed by atoms with Crippen LogP contribution in [0.1, 0.15) is 23.2 Å².